The molecule has 1 saturated heterocycles. The third kappa shape index (κ3) is 3.91. The van der Waals surface area contributed by atoms with Gasteiger partial charge in [-0.3, -0.25) is 4.79 Å². The number of hydrogen-bond acceptors (Lipinski definition) is 5. The van der Waals surface area contributed by atoms with Gasteiger partial charge in [0.15, 0.2) is 9.84 Å². The van der Waals surface area contributed by atoms with Crippen molar-refractivity contribution < 1.29 is 27.1 Å². The van der Waals surface area contributed by atoms with Gasteiger partial charge in [0.25, 0.3) is 5.91 Å². The number of carbonyl (C=O) groups is 2. The molecule has 0 spiro atoms. The molecule has 0 atom stereocenters. The third-order valence-corrected chi connectivity index (χ3v) is 7.15. The number of methoxy groups -OCH3 is 1. The maximum Gasteiger partial charge on any atom is 0.338 e. The van der Waals surface area contributed by atoms with Crippen LogP contribution in [0.4, 0.5) is 4.39 Å². The molecule has 0 aromatic heterocycles. The zero-order valence-corrected chi connectivity index (χ0v) is 16.1. The number of rotatable bonds is 4. The first-order valence-corrected chi connectivity index (χ1v) is 10.4. The van der Waals surface area contributed by atoms with Crippen molar-refractivity contribution in [1.82, 2.24) is 4.90 Å². The second kappa shape index (κ2) is 8.10. The van der Waals surface area contributed by atoms with Crippen LogP contribution in [0.3, 0.4) is 0 Å². The molecule has 2 aromatic rings. The number of sulfone groups is 1. The average molecular weight is 405 g/mol. The fourth-order valence-electron chi connectivity index (χ4n) is 3.31. The topological polar surface area (TPSA) is 80.8 Å². The van der Waals surface area contributed by atoms with Crippen molar-refractivity contribution in [1.29, 1.82) is 0 Å². The molecule has 1 aliphatic rings. The highest BCUT2D eigenvalue weighted by molar-refractivity contribution is 7.92. The van der Waals surface area contributed by atoms with E-state index < -0.39 is 26.9 Å². The molecule has 0 aliphatic carbocycles. The van der Waals surface area contributed by atoms with Crippen LogP contribution >= 0.6 is 0 Å². The minimum Gasteiger partial charge on any atom is -0.465 e. The molecule has 1 fully saturated rings. The monoisotopic (exact) mass is 405 g/mol. The second-order valence-corrected chi connectivity index (χ2v) is 8.76. The molecular weight excluding hydrogens is 385 g/mol. The summed E-state index contributed by atoms with van der Waals surface area (Å²) in [6, 6.07) is 11.1. The van der Waals surface area contributed by atoms with Crippen LogP contribution in [-0.2, 0) is 14.6 Å². The fourth-order valence-corrected chi connectivity index (χ4v) is 5.05. The molecular formula is C20H20FNO5S. The number of halogens is 1. The minimum atomic E-state index is -3.60. The predicted octanol–water partition coefficient (Wildman–Crippen LogP) is 2.69. The fraction of sp³-hybridized carbons (Fsp3) is 0.300. The van der Waals surface area contributed by atoms with Crippen molar-refractivity contribution in [2.45, 2.75) is 23.0 Å². The normalized spacial score (nSPS) is 15.3. The Balaban J connectivity index is 1.73. The van der Waals surface area contributed by atoms with Crippen molar-refractivity contribution in [3.63, 3.8) is 0 Å². The van der Waals surface area contributed by atoms with Crippen molar-refractivity contribution in [3.8, 4) is 0 Å². The third-order valence-electron chi connectivity index (χ3n) is 4.87. The Morgan fingerprint density at radius 2 is 1.57 bits per heavy atom. The molecule has 1 heterocycles. The summed E-state index contributed by atoms with van der Waals surface area (Å²) in [7, 11) is -2.35. The van der Waals surface area contributed by atoms with E-state index in [0.29, 0.717) is 0 Å². The summed E-state index contributed by atoms with van der Waals surface area (Å²) in [6.07, 6.45) is 0.539. The quantitative estimate of drug-likeness (QED) is 0.577. The molecule has 1 amide bonds. The van der Waals surface area contributed by atoms with E-state index in [9.17, 15) is 22.4 Å². The highest BCUT2D eigenvalue weighted by atomic mass is 32.2. The Morgan fingerprint density at radius 3 is 2.14 bits per heavy atom. The summed E-state index contributed by atoms with van der Waals surface area (Å²) in [6.45, 7) is 0.499. The molecule has 1 aliphatic heterocycles. The van der Waals surface area contributed by atoms with Crippen molar-refractivity contribution in [3.05, 3.63) is 65.5 Å². The Kier molecular flexibility index (Phi) is 5.79. The molecule has 3 rings (SSSR count). The van der Waals surface area contributed by atoms with E-state index in [2.05, 4.69) is 0 Å². The molecule has 0 N–H and O–H groups in total. The molecule has 0 radical (unpaired) electrons. The van der Waals surface area contributed by atoms with Crippen LogP contribution in [0.25, 0.3) is 0 Å². The highest BCUT2D eigenvalue weighted by Gasteiger charge is 2.33. The predicted molar refractivity (Wildman–Crippen MR) is 100 cm³/mol. The molecule has 8 heteroatoms. The van der Waals surface area contributed by atoms with Crippen LogP contribution in [0.5, 0.6) is 0 Å². The van der Waals surface area contributed by atoms with Gasteiger partial charge < -0.3 is 9.64 Å². The van der Waals surface area contributed by atoms with Crippen LogP contribution < -0.4 is 0 Å². The summed E-state index contributed by atoms with van der Waals surface area (Å²) in [4.78, 5) is 26.3. The maximum absolute atomic E-state index is 13.1. The van der Waals surface area contributed by atoms with Crippen LogP contribution in [-0.4, -0.2) is 50.6 Å². The zero-order chi connectivity index (χ0) is 20.3. The van der Waals surface area contributed by atoms with Gasteiger partial charge in [0.2, 0.25) is 0 Å². The number of ether oxygens (including phenoxy) is 1. The SMILES string of the molecule is COC(=O)c1ccccc1C(=O)N1CCC(S(=O)(=O)c2ccc(F)cc2)CC1. The Bertz CT molecular complexity index is 980. The lowest BCUT2D eigenvalue weighted by Crippen LogP contribution is -2.42. The summed E-state index contributed by atoms with van der Waals surface area (Å²) >= 11 is 0. The first-order chi connectivity index (χ1) is 13.3. The van der Waals surface area contributed by atoms with Crippen LogP contribution in [0, 0.1) is 5.82 Å². The molecule has 2 aromatic carbocycles. The summed E-state index contributed by atoms with van der Waals surface area (Å²) in [5.74, 6) is -1.43. The number of carbonyl (C=O) groups excluding carboxylic acids is 2. The number of likely N-dealkylation sites (tertiary alicyclic amines) is 1. The zero-order valence-electron chi connectivity index (χ0n) is 15.3. The van der Waals surface area contributed by atoms with E-state index in [1.807, 2.05) is 0 Å². The molecule has 28 heavy (non-hydrogen) atoms. The van der Waals surface area contributed by atoms with Gasteiger partial charge in [-0.15, -0.1) is 0 Å². The lowest BCUT2D eigenvalue weighted by molar-refractivity contribution is 0.0588. The summed E-state index contributed by atoms with van der Waals surface area (Å²) < 4.78 is 43.3. The lowest BCUT2D eigenvalue weighted by atomic mass is 10.0. The van der Waals surface area contributed by atoms with Gasteiger partial charge in [0.1, 0.15) is 5.82 Å². The molecule has 0 bridgehead atoms. The summed E-state index contributed by atoms with van der Waals surface area (Å²) in [5, 5.41) is -0.641. The molecule has 148 valence electrons. The van der Waals surface area contributed by atoms with Gasteiger partial charge in [0, 0.05) is 13.1 Å². The smallest absolute Gasteiger partial charge is 0.338 e. The van der Waals surface area contributed by atoms with Gasteiger partial charge in [-0.1, -0.05) is 12.1 Å². The minimum absolute atomic E-state index is 0.0784. The van der Waals surface area contributed by atoms with Crippen molar-refractivity contribution in [2.24, 2.45) is 0 Å². The van der Waals surface area contributed by atoms with E-state index in [4.69, 9.17) is 4.74 Å². The van der Waals surface area contributed by atoms with Crippen molar-refractivity contribution in [2.75, 3.05) is 20.2 Å². The standard InChI is InChI=1S/C20H20FNO5S/c1-27-20(24)18-5-3-2-4-17(18)19(23)22-12-10-16(11-13-22)28(25,26)15-8-6-14(21)7-9-15/h2-9,16H,10-13H2,1H3. The van der Waals surface area contributed by atoms with Crippen LogP contribution in [0.2, 0.25) is 0 Å². The highest BCUT2D eigenvalue weighted by Crippen LogP contribution is 2.26. The van der Waals surface area contributed by atoms with E-state index in [1.54, 1.807) is 23.1 Å². The van der Waals surface area contributed by atoms with Gasteiger partial charge in [-0.05, 0) is 49.2 Å². The maximum atomic E-state index is 13.1. The second-order valence-electron chi connectivity index (χ2n) is 6.53. The number of hydrogen-bond donors (Lipinski definition) is 0. The van der Waals surface area contributed by atoms with E-state index >= 15 is 0 Å². The Morgan fingerprint density at radius 1 is 1.00 bits per heavy atom. The first-order valence-electron chi connectivity index (χ1n) is 8.80. The number of esters is 1. The number of amides is 1. The van der Waals surface area contributed by atoms with E-state index in [1.165, 1.54) is 25.3 Å². The lowest BCUT2D eigenvalue weighted by Gasteiger charge is -2.32. The summed E-state index contributed by atoms with van der Waals surface area (Å²) in [5.41, 5.74) is 0.408. The molecule has 0 unspecified atom stereocenters. The Hall–Kier alpha value is -2.74. The van der Waals surface area contributed by atoms with E-state index in [0.717, 1.165) is 12.1 Å². The molecule has 0 saturated carbocycles. The largest absolute Gasteiger partial charge is 0.465 e. The number of benzene rings is 2. The number of nitrogens with zero attached hydrogens (tertiary/aromatic N) is 1. The Labute approximate surface area is 162 Å². The van der Waals surface area contributed by atoms with Crippen LogP contribution in [0.1, 0.15) is 33.6 Å². The van der Waals surface area contributed by atoms with Crippen LogP contribution in [0.15, 0.2) is 53.4 Å². The van der Waals surface area contributed by atoms with Gasteiger partial charge in [0.05, 0.1) is 28.4 Å². The van der Waals surface area contributed by atoms with Gasteiger partial charge >= 0.3 is 5.97 Å². The van der Waals surface area contributed by atoms with Gasteiger partial charge in [-0.25, -0.2) is 17.6 Å². The van der Waals surface area contributed by atoms with Gasteiger partial charge in [-0.2, -0.15) is 0 Å². The van der Waals surface area contributed by atoms with Crippen molar-refractivity contribution >= 4 is 21.7 Å². The number of piperidine rings is 1. The first kappa shape index (κ1) is 20.0. The molecule has 6 nitrogen and oxygen atoms in total. The van der Waals surface area contributed by atoms with E-state index in [-0.39, 0.29) is 47.9 Å². The average Bonchev–Trinajstić information content (AvgIpc) is 2.73.